The molecule has 1 aliphatic heterocycles. The van der Waals surface area contributed by atoms with Crippen LogP contribution in [0.15, 0.2) is 41.3 Å². The number of fused-ring (bicyclic) bond motifs is 1. The van der Waals surface area contributed by atoms with E-state index in [2.05, 4.69) is 4.72 Å². The zero-order valence-corrected chi connectivity index (χ0v) is 15.8. The van der Waals surface area contributed by atoms with E-state index in [1.165, 1.54) is 13.0 Å². The minimum Gasteiger partial charge on any atom is -0.309 e. The van der Waals surface area contributed by atoms with Crippen molar-refractivity contribution in [3.8, 4) is 0 Å². The fourth-order valence-electron chi connectivity index (χ4n) is 3.18. The van der Waals surface area contributed by atoms with Crippen LogP contribution in [0, 0.1) is 6.92 Å². The largest absolute Gasteiger partial charge is 0.309 e. The highest BCUT2D eigenvalue weighted by molar-refractivity contribution is 7.92. The molecule has 1 N–H and O–H groups in total. The molecule has 2 aromatic carbocycles. The van der Waals surface area contributed by atoms with Crippen molar-refractivity contribution < 1.29 is 13.2 Å². The molecule has 0 aromatic heterocycles. The smallest absolute Gasteiger partial charge is 0.261 e. The number of anilines is 2. The Bertz CT molecular complexity index is 957. The van der Waals surface area contributed by atoms with E-state index in [1.807, 2.05) is 6.92 Å². The van der Waals surface area contributed by atoms with Crippen molar-refractivity contribution in [2.24, 2.45) is 0 Å². The average molecular weight is 379 g/mol. The number of halogens is 1. The van der Waals surface area contributed by atoms with Crippen LogP contribution in [0.3, 0.4) is 0 Å². The van der Waals surface area contributed by atoms with Crippen molar-refractivity contribution in [2.75, 3.05) is 9.62 Å². The molecule has 1 amide bonds. The first-order valence-electron chi connectivity index (χ1n) is 7.91. The molecule has 5 nitrogen and oxygen atoms in total. The fourth-order valence-corrected chi connectivity index (χ4v) is 4.52. The molecule has 132 valence electrons. The van der Waals surface area contributed by atoms with Crippen LogP contribution in [0.25, 0.3) is 0 Å². The summed E-state index contributed by atoms with van der Waals surface area (Å²) in [5.74, 6) is -0.0467. The predicted molar refractivity (Wildman–Crippen MR) is 99.8 cm³/mol. The summed E-state index contributed by atoms with van der Waals surface area (Å²) >= 11 is 6.05. The summed E-state index contributed by atoms with van der Waals surface area (Å²) in [4.78, 5) is 13.7. The molecule has 7 heteroatoms. The first-order chi connectivity index (χ1) is 11.7. The number of carbonyl (C=O) groups is 1. The van der Waals surface area contributed by atoms with E-state index in [-0.39, 0.29) is 16.8 Å². The summed E-state index contributed by atoms with van der Waals surface area (Å²) in [5, 5.41) is 0.500. The van der Waals surface area contributed by atoms with E-state index in [9.17, 15) is 13.2 Å². The van der Waals surface area contributed by atoms with Gasteiger partial charge in [0, 0.05) is 23.7 Å². The second-order valence-corrected chi connectivity index (χ2v) is 8.34. The predicted octanol–water partition coefficient (Wildman–Crippen LogP) is 3.75. The Hall–Kier alpha value is -2.05. The number of amides is 1. The van der Waals surface area contributed by atoms with E-state index in [1.54, 1.807) is 42.2 Å². The highest BCUT2D eigenvalue weighted by atomic mass is 35.5. The Morgan fingerprint density at radius 1 is 1.28 bits per heavy atom. The zero-order valence-electron chi connectivity index (χ0n) is 14.2. The van der Waals surface area contributed by atoms with Gasteiger partial charge in [0.25, 0.3) is 10.0 Å². The molecule has 0 radical (unpaired) electrons. The summed E-state index contributed by atoms with van der Waals surface area (Å²) in [6.45, 7) is 5.22. The number of rotatable bonds is 3. The van der Waals surface area contributed by atoms with Crippen LogP contribution in [-0.4, -0.2) is 20.4 Å². The van der Waals surface area contributed by atoms with Gasteiger partial charge in [-0.1, -0.05) is 17.7 Å². The molecule has 1 heterocycles. The maximum Gasteiger partial charge on any atom is 0.261 e. The molecular formula is C18H19ClN2O3S. The van der Waals surface area contributed by atoms with Crippen molar-refractivity contribution in [2.45, 2.75) is 38.1 Å². The molecule has 1 aliphatic rings. The number of sulfonamides is 1. The van der Waals surface area contributed by atoms with Crippen molar-refractivity contribution in [1.29, 1.82) is 0 Å². The first kappa shape index (κ1) is 17.8. The van der Waals surface area contributed by atoms with Crippen LogP contribution >= 0.6 is 11.6 Å². The Labute approximate surface area is 152 Å². The molecule has 3 rings (SSSR count). The molecule has 0 bridgehead atoms. The molecule has 1 atom stereocenters. The number of carbonyl (C=O) groups excluding carboxylic acids is 1. The number of benzene rings is 2. The van der Waals surface area contributed by atoms with Crippen molar-refractivity contribution >= 4 is 38.9 Å². The number of hydrogen-bond acceptors (Lipinski definition) is 3. The van der Waals surface area contributed by atoms with Crippen molar-refractivity contribution in [3.05, 3.63) is 52.5 Å². The summed E-state index contributed by atoms with van der Waals surface area (Å²) in [6.07, 6.45) is 0.633. The Kier molecular flexibility index (Phi) is 4.51. The number of nitrogens with one attached hydrogen (secondary N) is 1. The van der Waals surface area contributed by atoms with E-state index in [4.69, 9.17) is 11.6 Å². The number of hydrogen-bond donors (Lipinski definition) is 1. The van der Waals surface area contributed by atoms with Gasteiger partial charge in [0.05, 0.1) is 10.6 Å². The third kappa shape index (κ3) is 3.24. The van der Waals surface area contributed by atoms with Gasteiger partial charge in [0.1, 0.15) is 0 Å². The van der Waals surface area contributed by atoms with Gasteiger partial charge in [-0.25, -0.2) is 8.42 Å². The van der Waals surface area contributed by atoms with Crippen LogP contribution in [0.5, 0.6) is 0 Å². The van der Waals surface area contributed by atoms with Gasteiger partial charge in [-0.15, -0.1) is 0 Å². The van der Waals surface area contributed by atoms with E-state index >= 15 is 0 Å². The van der Waals surface area contributed by atoms with Gasteiger partial charge in [-0.2, -0.15) is 0 Å². The SMILES string of the molecule is CC(=O)N1c2ccc(S(=O)(=O)Nc3cccc(Cl)c3C)cc2CC1C. The second-order valence-electron chi connectivity index (χ2n) is 6.25. The maximum atomic E-state index is 12.7. The number of nitrogens with zero attached hydrogens (tertiary/aromatic N) is 1. The highest BCUT2D eigenvalue weighted by Crippen LogP contribution is 2.34. The average Bonchev–Trinajstić information content (AvgIpc) is 2.86. The molecule has 0 spiro atoms. The van der Waals surface area contributed by atoms with Crippen LogP contribution in [0.1, 0.15) is 25.0 Å². The topological polar surface area (TPSA) is 66.5 Å². The Balaban J connectivity index is 1.96. The van der Waals surface area contributed by atoms with E-state index in [0.29, 0.717) is 22.7 Å². The summed E-state index contributed by atoms with van der Waals surface area (Å²) < 4.78 is 28.0. The van der Waals surface area contributed by atoms with E-state index < -0.39 is 10.0 Å². The molecule has 0 saturated carbocycles. The lowest BCUT2D eigenvalue weighted by molar-refractivity contribution is -0.116. The normalized spacial score (nSPS) is 16.6. The molecule has 0 aliphatic carbocycles. The minimum absolute atomic E-state index is 0.0218. The van der Waals surface area contributed by atoms with Crippen LogP contribution in [0.4, 0.5) is 11.4 Å². The second kappa shape index (κ2) is 6.35. The van der Waals surface area contributed by atoms with Crippen molar-refractivity contribution in [3.63, 3.8) is 0 Å². The van der Waals surface area contributed by atoms with Crippen LogP contribution in [-0.2, 0) is 21.2 Å². The zero-order chi connectivity index (χ0) is 18.4. The van der Waals surface area contributed by atoms with Gasteiger partial charge in [-0.3, -0.25) is 9.52 Å². The molecule has 25 heavy (non-hydrogen) atoms. The first-order valence-corrected chi connectivity index (χ1v) is 9.77. The van der Waals surface area contributed by atoms with Gasteiger partial charge >= 0.3 is 0 Å². The quantitative estimate of drug-likeness (QED) is 0.884. The summed E-state index contributed by atoms with van der Waals surface area (Å²) in [6, 6.07) is 9.95. The van der Waals surface area contributed by atoms with Crippen LogP contribution in [0.2, 0.25) is 5.02 Å². The molecular weight excluding hydrogens is 360 g/mol. The Morgan fingerprint density at radius 3 is 2.68 bits per heavy atom. The lowest BCUT2D eigenvalue weighted by atomic mass is 10.1. The van der Waals surface area contributed by atoms with E-state index in [0.717, 1.165) is 11.3 Å². The van der Waals surface area contributed by atoms with Crippen LogP contribution < -0.4 is 9.62 Å². The van der Waals surface area contributed by atoms with Gasteiger partial charge in [0.15, 0.2) is 0 Å². The molecule has 0 fully saturated rings. The van der Waals surface area contributed by atoms with Gasteiger partial charge in [-0.05, 0) is 61.7 Å². The third-order valence-electron chi connectivity index (χ3n) is 4.43. The maximum absolute atomic E-state index is 12.7. The summed E-state index contributed by atoms with van der Waals surface area (Å²) in [7, 11) is -3.74. The van der Waals surface area contributed by atoms with Gasteiger partial charge in [0.2, 0.25) is 5.91 Å². The molecule has 2 aromatic rings. The molecule has 0 saturated heterocycles. The standard InChI is InChI=1S/C18H19ClN2O3S/c1-11-9-14-10-15(7-8-18(14)21(11)13(3)22)25(23,24)20-17-6-4-5-16(19)12(17)2/h4-8,10-11,20H,9H2,1-3H3. The Morgan fingerprint density at radius 2 is 2.00 bits per heavy atom. The lowest BCUT2D eigenvalue weighted by Gasteiger charge is -2.20. The van der Waals surface area contributed by atoms with Crippen molar-refractivity contribution in [1.82, 2.24) is 0 Å². The fraction of sp³-hybridized carbons (Fsp3) is 0.278. The highest BCUT2D eigenvalue weighted by Gasteiger charge is 2.30. The third-order valence-corrected chi connectivity index (χ3v) is 6.20. The van der Waals surface area contributed by atoms with Gasteiger partial charge < -0.3 is 4.90 Å². The minimum atomic E-state index is -3.74. The lowest BCUT2D eigenvalue weighted by Crippen LogP contribution is -2.33. The molecule has 1 unspecified atom stereocenters. The summed E-state index contributed by atoms with van der Waals surface area (Å²) in [5.41, 5.74) is 2.75. The monoisotopic (exact) mass is 378 g/mol.